The summed E-state index contributed by atoms with van der Waals surface area (Å²) in [4.78, 5) is 58.8. The third kappa shape index (κ3) is 10.2. The van der Waals surface area contributed by atoms with E-state index < -0.39 is 47.8 Å². The van der Waals surface area contributed by atoms with Crippen LogP contribution >= 0.6 is 11.6 Å². The molecule has 2 fully saturated rings. The molecule has 0 radical (unpaired) electrons. The molecule has 48 heavy (non-hydrogen) atoms. The number of halogens is 1. The van der Waals surface area contributed by atoms with Crippen LogP contribution in [-0.2, 0) is 23.9 Å². The molecule has 2 aliphatic heterocycles. The van der Waals surface area contributed by atoms with Crippen LogP contribution in [0, 0.1) is 0 Å². The number of benzene rings is 1. The van der Waals surface area contributed by atoms with Gasteiger partial charge < -0.3 is 29.6 Å². The van der Waals surface area contributed by atoms with E-state index in [2.05, 4.69) is 15.6 Å². The van der Waals surface area contributed by atoms with Crippen molar-refractivity contribution in [3.8, 4) is 11.6 Å². The fraction of sp³-hybridized carbons (Fsp3) is 0.629. The molecular formula is C35H50ClN4O8+. The average Bonchev–Trinajstić information content (AvgIpc) is 3.45. The number of hydrogen-bond acceptors (Lipinski definition) is 9. The molecule has 1 aromatic heterocycles. The van der Waals surface area contributed by atoms with Gasteiger partial charge in [0, 0.05) is 11.5 Å². The zero-order valence-corrected chi connectivity index (χ0v) is 29.5. The Balaban J connectivity index is 1.68. The molecule has 264 valence electrons. The Morgan fingerprint density at radius 2 is 1.75 bits per heavy atom. The van der Waals surface area contributed by atoms with E-state index in [1.165, 1.54) is 7.11 Å². The predicted octanol–water partition coefficient (Wildman–Crippen LogP) is 4.29. The lowest BCUT2D eigenvalue weighted by molar-refractivity contribution is -0.825. The maximum absolute atomic E-state index is 14.4. The van der Waals surface area contributed by atoms with Gasteiger partial charge in [0.25, 0.3) is 5.91 Å². The monoisotopic (exact) mass is 689 g/mol. The van der Waals surface area contributed by atoms with E-state index in [9.17, 15) is 19.2 Å². The molecule has 13 heteroatoms. The van der Waals surface area contributed by atoms with Gasteiger partial charge in [0.1, 0.15) is 30.0 Å². The van der Waals surface area contributed by atoms with Gasteiger partial charge in [0.15, 0.2) is 12.1 Å². The smallest absolute Gasteiger partial charge is 0.408 e. The zero-order valence-electron chi connectivity index (χ0n) is 28.7. The van der Waals surface area contributed by atoms with Gasteiger partial charge in [-0.05, 0) is 52.7 Å². The number of quaternary nitrogens is 1. The van der Waals surface area contributed by atoms with Gasteiger partial charge in [-0.15, -0.1) is 0 Å². The zero-order chi connectivity index (χ0) is 34.8. The van der Waals surface area contributed by atoms with Crippen LogP contribution in [0.1, 0.15) is 91.9 Å². The number of carbonyl (C=O) groups excluding carboxylic acids is 4. The number of amides is 3. The van der Waals surface area contributed by atoms with Crippen LogP contribution in [0.4, 0.5) is 4.79 Å². The van der Waals surface area contributed by atoms with E-state index >= 15 is 0 Å². The Labute approximate surface area is 287 Å². The van der Waals surface area contributed by atoms with E-state index in [0.29, 0.717) is 51.9 Å². The molecule has 1 aromatic carbocycles. The number of para-hydroxylation sites is 1. The fourth-order valence-corrected chi connectivity index (χ4v) is 6.57. The van der Waals surface area contributed by atoms with Crippen molar-refractivity contribution in [1.82, 2.24) is 15.6 Å². The second-order valence-electron chi connectivity index (χ2n) is 13.5. The molecule has 3 heterocycles. The minimum Gasteiger partial charge on any atom is -0.483 e. The summed E-state index contributed by atoms with van der Waals surface area (Å²) in [5.41, 5.74) is -0.250. The molecule has 2 aliphatic rings. The molecule has 3 N–H and O–H groups in total. The lowest BCUT2D eigenvalue weighted by Crippen LogP contribution is -3.19. The van der Waals surface area contributed by atoms with E-state index in [1.807, 2.05) is 13.0 Å². The highest BCUT2D eigenvalue weighted by atomic mass is 35.5. The quantitative estimate of drug-likeness (QED) is 0.378. The van der Waals surface area contributed by atoms with Crippen molar-refractivity contribution in [1.29, 1.82) is 0 Å². The first-order valence-electron chi connectivity index (χ1n) is 17.1. The summed E-state index contributed by atoms with van der Waals surface area (Å²) < 4.78 is 22.7. The second-order valence-corrected chi connectivity index (χ2v) is 13.9. The first kappa shape index (κ1) is 37.2. The summed E-state index contributed by atoms with van der Waals surface area (Å²) in [6.07, 6.45) is 6.05. The number of ether oxygens (including phenoxy) is 4. The van der Waals surface area contributed by atoms with Crippen LogP contribution < -0.4 is 25.0 Å². The van der Waals surface area contributed by atoms with Gasteiger partial charge in [0.2, 0.25) is 5.88 Å². The number of rotatable bonds is 6. The van der Waals surface area contributed by atoms with E-state index in [1.54, 1.807) is 39.0 Å². The van der Waals surface area contributed by atoms with E-state index in [0.717, 1.165) is 44.9 Å². The number of hydrogen-bond donors (Lipinski definition) is 3. The summed E-state index contributed by atoms with van der Waals surface area (Å²) in [7, 11) is 1.29. The van der Waals surface area contributed by atoms with Crippen LogP contribution in [0.3, 0.4) is 0 Å². The molecule has 5 atom stereocenters. The molecule has 0 saturated carbocycles. The summed E-state index contributed by atoms with van der Waals surface area (Å²) in [5, 5.41) is 6.75. The summed E-state index contributed by atoms with van der Waals surface area (Å²) in [6, 6.07) is 4.41. The predicted molar refractivity (Wildman–Crippen MR) is 180 cm³/mol. The fourth-order valence-electron chi connectivity index (χ4n) is 6.35. The number of alkyl carbamates (subject to hydrolysis) is 1. The van der Waals surface area contributed by atoms with Gasteiger partial charge in [-0.1, -0.05) is 62.6 Å². The van der Waals surface area contributed by atoms with Crippen LogP contribution in [0.2, 0.25) is 5.02 Å². The van der Waals surface area contributed by atoms with Crippen LogP contribution in [0.15, 0.2) is 24.3 Å². The van der Waals surface area contributed by atoms with Crippen LogP contribution in [0.25, 0.3) is 10.9 Å². The molecule has 0 spiro atoms. The first-order valence-corrected chi connectivity index (χ1v) is 17.4. The number of pyridine rings is 1. The number of carbonyl (C=O) groups is 4. The van der Waals surface area contributed by atoms with Gasteiger partial charge in [-0.2, -0.15) is 0 Å². The highest BCUT2D eigenvalue weighted by Gasteiger charge is 2.49. The van der Waals surface area contributed by atoms with Crippen LogP contribution in [0.5, 0.6) is 11.6 Å². The number of methoxy groups -OCH3 is 1. The number of fused-ring (bicyclic) bond motifs is 2. The van der Waals surface area contributed by atoms with Crippen LogP contribution in [-0.4, -0.2) is 79.0 Å². The van der Waals surface area contributed by atoms with Crippen molar-refractivity contribution < 1.29 is 43.0 Å². The average molecular weight is 690 g/mol. The van der Waals surface area contributed by atoms with Crippen molar-refractivity contribution in [2.45, 2.75) is 122 Å². The third-order valence-electron chi connectivity index (χ3n) is 8.61. The maximum atomic E-state index is 14.4. The minimum atomic E-state index is -0.895. The highest BCUT2D eigenvalue weighted by molar-refractivity contribution is 6.35. The summed E-state index contributed by atoms with van der Waals surface area (Å²) >= 11 is 6.48. The largest absolute Gasteiger partial charge is 0.483 e. The summed E-state index contributed by atoms with van der Waals surface area (Å²) in [6.45, 7) is 7.64. The number of esters is 1. The lowest BCUT2D eigenvalue weighted by atomic mass is 10.0. The Hall–Kier alpha value is -3.64. The lowest BCUT2D eigenvalue weighted by Gasteiger charge is -2.26. The van der Waals surface area contributed by atoms with Crippen molar-refractivity contribution in [3.05, 3.63) is 29.3 Å². The molecule has 12 nitrogen and oxygen atoms in total. The molecule has 4 rings (SSSR count). The Morgan fingerprint density at radius 1 is 1.06 bits per heavy atom. The highest BCUT2D eigenvalue weighted by Crippen LogP contribution is 2.34. The van der Waals surface area contributed by atoms with E-state index in [4.69, 9.17) is 30.5 Å². The normalized spacial score (nSPS) is 24.7. The topological polar surface area (TPSA) is 147 Å². The van der Waals surface area contributed by atoms with Gasteiger partial charge in [-0.3, -0.25) is 9.69 Å². The van der Waals surface area contributed by atoms with Crippen molar-refractivity contribution >= 4 is 46.4 Å². The van der Waals surface area contributed by atoms with Gasteiger partial charge in [-0.25, -0.2) is 19.4 Å². The first-order chi connectivity index (χ1) is 22.9. The van der Waals surface area contributed by atoms with Gasteiger partial charge in [0.05, 0.1) is 30.7 Å². The number of aromatic nitrogens is 1. The third-order valence-corrected chi connectivity index (χ3v) is 8.91. The summed E-state index contributed by atoms with van der Waals surface area (Å²) in [5.74, 6) is -0.540. The second kappa shape index (κ2) is 17.1. The van der Waals surface area contributed by atoms with Crippen molar-refractivity contribution in [3.63, 3.8) is 0 Å². The Bertz CT molecular complexity index is 1450. The SMILES string of the molecule is CCOc1cc(OC2CC3C(=O)NC(C(=O)OC)CCCCCCCCCC(NC(=O)OC(C)(C)C)C(=O)[NH+]3C2)c2cccc(Cl)c2n1. The molecule has 0 bridgehead atoms. The molecule has 3 amide bonds. The Morgan fingerprint density at radius 3 is 2.42 bits per heavy atom. The molecule has 0 aliphatic carbocycles. The number of nitrogens with zero attached hydrogens (tertiary/aromatic N) is 1. The number of nitrogens with one attached hydrogen (secondary N) is 3. The van der Waals surface area contributed by atoms with E-state index in [-0.39, 0.29) is 18.9 Å². The minimum absolute atomic E-state index is 0.140. The standard InChI is InChI=1S/C35H49ClN4O8/c1-6-46-29-20-28(23-15-14-16-24(36)30(23)39-29)47-22-19-27-31(41)37-26(33(43)45-5)18-13-11-9-7-8-10-12-17-25(32(42)40(27)21-22)38-34(44)48-35(2,3)4/h14-16,20,22,25-27H,6-13,17-19,21H2,1-5H3,(H,37,41)(H,38,44)/p+1. The maximum Gasteiger partial charge on any atom is 0.408 e. The van der Waals surface area contributed by atoms with Crippen molar-refractivity contribution in [2.24, 2.45) is 0 Å². The Kier molecular flexibility index (Phi) is 13.3. The van der Waals surface area contributed by atoms with Gasteiger partial charge >= 0.3 is 18.0 Å². The van der Waals surface area contributed by atoms with Crippen molar-refractivity contribution in [2.75, 3.05) is 20.3 Å². The molecular weight excluding hydrogens is 640 g/mol. The molecule has 2 saturated heterocycles. The molecule has 2 aromatic rings. The molecule has 5 unspecified atom stereocenters.